The van der Waals surface area contributed by atoms with Crippen LogP contribution in [-0.2, 0) is 10.2 Å². The number of fused-ring (bicyclic) bond motifs is 3. The van der Waals surface area contributed by atoms with Gasteiger partial charge >= 0.3 is 0 Å². The molecule has 1 aromatic carbocycles. The molecule has 2 atom stereocenters. The molecule has 2 aliphatic rings. The highest BCUT2D eigenvalue weighted by Gasteiger charge is 2.37. The van der Waals surface area contributed by atoms with Crippen LogP contribution >= 0.6 is 0 Å². The molecule has 84 valence electrons. The highest BCUT2D eigenvalue weighted by molar-refractivity contribution is 5.46. The molecule has 1 aromatic rings. The van der Waals surface area contributed by atoms with E-state index in [-0.39, 0.29) is 17.6 Å². The molecule has 0 amide bonds. The molecule has 0 N–H and O–H groups in total. The van der Waals surface area contributed by atoms with Crippen molar-refractivity contribution in [3.63, 3.8) is 0 Å². The number of rotatable bonds is 0. The first-order valence-corrected chi connectivity index (χ1v) is 5.69. The Morgan fingerprint density at radius 1 is 1.19 bits per heavy atom. The molecule has 0 fully saturated rings. The van der Waals surface area contributed by atoms with Gasteiger partial charge in [-0.05, 0) is 29.2 Å². The zero-order chi connectivity index (χ0) is 11.3. The largest absolute Gasteiger partial charge is 0.489 e. The van der Waals surface area contributed by atoms with Crippen molar-refractivity contribution in [1.29, 1.82) is 0 Å². The van der Waals surface area contributed by atoms with Crippen molar-refractivity contribution in [2.45, 2.75) is 38.4 Å². The Morgan fingerprint density at radius 2 is 2.00 bits per heavy atom. The maximum Gasteiger partial charge on any atom is 0.167 e. The van der Waals surface area contributed by atoms with E-state index in [1.54, 1.807) is 6.26 Å². The molecule has 0 aromatic heterocycles. The Balaban J connectivity index is 2.04. The SMILES string of the molecule is CC(C)(C)c1ccc2c(c1)[C@H]1OC=C[C@H]1O2. The van der Waals surface area contributed by atoms with Crippen LogP contribution in [-0.4, -0.2) is 6.10 Å². The summed E-state index contributed by atoms with van der Waals surface area (Å²) in [5.74, 6) is 0.965. The fourth-order valence-electron chi connectivity index (χ4n) is 2.23. The van der Waals surface area contributed by atoms with E-state index < -0.39 is 0 Å². The van der Waals surface area contributed by atoms with Gasteiger partial charge in [0.2, 0.25) is 0 Å². The van der Waals surface area contributed by atoms with E-state index in [0.717, 1.165) is 5.75 Å². The third-order valence-electron chi connectivity index (χ3n) is 3.24. The molecule has 0 bridgehead atoms. The van der Waals surface area contributed by atoms with Gasteiger partial charge in [0.15, 0.2) is 12.2 Å². The fourth-order valence-corrected chi connectivity index (χ4v) is 2.23. The molecule has 16 heavy (non-hydrogen) atoms. The lowest BCUT2D eigenvalue weighted by atomic mass is 9.85. The summed E-state index contributed by atoms with van der Waals surface area (Å²) in [5.41, 5.74) is 2.67. The summed E-state index contributed by atoms with van der Waals surface area (Å²) >= 11 is 0. The van der Waals surface area contributed by atoms with Crippen LogP contribution in [0.2, 0.25) is 0 Å². The summed E-state index contributed by atoms with van der Waals surface area (Å²) < 4.78 is 11.4. The van der Waals surface area contributed by atoms with Crippen molar-refractivity contribution in [1.82, 2.24) is 0 Å². The summed E-state index contributed by atoms with van der Waals surface area (Å²) in [6.45, 7) is 6.65. The first-order chi connectivity index (χ1) is 7.55. The molecule has 0 unspecified atom stereocenters. The van der Waals surface area contributed by atoms with Gasteiger partial charge in [-0.15, -0.1) is 0 Å². The highest BCUT2D eigenvalue weighted by atomic mass is 16.6. The molecular weight excluding hydrogens is 200 g/mol. The van der Waals surface area contributed by atoms with Gasteiger partial charge < -0.3 is 9.47 Å². The number of ether oxygens (including phenoxy) is 2. The monoisotopic (exact) mass is 216 g/mol. The van der Waals surface area contributed by atoms with Crippen LogP contribution in [0.1, 0.15) is 38.0 Å². The second kappa shape index (κ2) is 3.03. The molecule has 2 nitrogen and oxygen atoms in total. The van der Waals surface area contributed by atoms with Crippen molar-refractivity contribution in [3.05, 3.63) is 41.7 Å². The molecule has 2 heteroatoms. The van der Waals surface area contributed by atoms with E-state index in [1.165, 1.54) is 11.1 Å². The quantitative estimate of drug-likeness (QED) is 0.662. The Bertz CT molecular complexity index is 454. The van der Waals surface area contributed by atoms with Crippen LogP contribution in [0.25, 0.3) is 0 Å². The summed E-state index contributed by atoms with van der Waals surface area (Å²) in [6.07, 6.45) is 3.85. The van der Waals surface area contributed by atoms with Crippen molar-refractivity contribution in [2.24, 2.45) is 0 Å². The molecule has 0 radical (unpaired) electrons. The van der Waals surface area contributed by atoms with E-state index in [4.69, 9.17) is 9.47 Å². The predicted octanol–water partition coefficient (Wildman–Crippen LogP) is 3.33. The predicted molar refractivity (Wildman–Crippen MR) is 62.5 cm³/mol. The Morgan fingerprint density at radius 3 is 2.75 bits per heavy atom. The van der Waals surface area contributed by atoms with Gasteiger partial charge in [-0.1, -0.05) is 26.8 Å². The average Bonchev–Trinajstić information content (AvgIpc) is 2.74. The van der Waals surface area contributed by atoms with Gasteiger partial charge in [0.1, 0.15) is 5.75 Å². The Labute approximate surface area is 95.9 Å². The van der Waals surface area contributed by atoms with Gasteiger partial charge in [-0.2, -0.15) is 0 Å². The number of hydrogen-bond acceptors (Lipinski definition) is 2. The molecular formula is C14H16O2. The van der Waals surface area contributed by atoms with Gasteiger partial charge in [-0.3, -0.25) is 0 Å². The lowest BCUT2D eigenvalue weighted by molar-refractivity contribution is 0.109. The molecule has 0 aliphatic carbocycles. The van der Waals surface area contributed by atoms with Crippen molar-refractivity contribution < 1.29 is 9.47 Å². The fraction of sp³-hybridized carbons (Fsp3) is 0.429. The summed E-state index contributed by atoms with van der Waals surface area (Å²) in [7, 11) is 0. The van der Waals surface area contributed by atoms with Crippen LogP contribution in [0.15, 0.2) is 30.5 Å². The average molecular weight is 216 g/mol. The minimum atomic E-state index is 0.0669. The normalized spacial score (nSPS) is 25.9. The molecule has 0 saturated carbocycles. The Hall–Kier alpha value is -1.44. The number of benzene rings is 1. The van der Waals surface area contributed by atoms with Crippen LogP contribution < -0.4 is 4.74 Å². The minimum absolute atomic E-state index is 0.0669. The van der Waals surface area contributed by atoms with E-state index in [9.17, 15) is 0 Å². The first kappa shape index (κ1) is 9.76. The Kier molecular flexibility index (Phi) is 1.85. The maximum atomic E-state index is 5.79. The van der Waals surface area contributed by atoms with Crippen LogP contribution in [0.3, 0.4) is 0 Å². The van der Waals surface area contributed by atoms with E-state index in [1.807, 2.05) is 6.08 Å². The third-order valence-corrected chi connectivity index (χ3v) is 3.24. The molecule has 0 spiro atoms. The van der Waals surface area contributed by atoms with Gasteiger partial charge in [0, 0.05) is 5.56 Å². The molecule has 2 heterocycles. The van der Waals surface area contributed by atoms with Gasteiger partial charge in [-0.25, -0.2) is 0 Å². The zero-order valence-corrected chi connectivity index (χ0v) is 9.86. The molecule has 0 saturated heterocycles. The first-order valence-electron chi connectivity index (χ1n) is 5.69. The minimum Gasteiger partial charge on any atom is -0.489 e. The highest BCUT2D eigenvalue weighted by Crippen LogP contribution is 2.43. The number of hydrogen-bond donors (Lipinski definition) is 0. The lowest BCUT2D eigenvalue weighted by Gasteiger charge is -2.20. The molecule has 3 rings (SSSR count). The lowest BCUT2D eigenvalue weighted by Crippen LogP contribution is -2.12. The van der Waals surface area contributed by atoms with Crippen LogP contribution in [0.4, 0.5) is 0 Å². The standard InChI is InChI=1S/C14H16O2/c1-14(2,3)9-4-5-11-10(8-9)13-12(16-11)6-7-15-13/h4-8,12-13H,1-3H3/t12-,13-/m1/s1. The second-order valence-corrected chi connectivity index (χ2v) is 5.47. The van der Waals surface area contributed by atoms with Crippen molar-refractivity contribution in [2.75, 3.05) is 0 Å². The van der Waals surface area contributed by atoms with Crippen molar-refractivity contribution in [3.8, 4) is 5.75 Å². The summed E-state index contributed by atoms with van der Waals surface area (Å²) in [4.78, 5) is 0. The topological polar surface area (TPSA) is 18.5 Å². The second-order valence-electron chi connectivity index (χ2n) is 5.47. The van der Waals surface area contributed by atoms with Crippen molar-refractivity contribution >= 4 is 0 Å². The van der Waals surface area contributed by atoms with Gasteiger partial charge in [0.05, 0.1) is 6.26 Å². The summed E-state index contributed by atoms with van der Waals surface area (Å²) in [5, 5.41) is 0. The van der Waals surface area contributed by atoms with E-state index in [2.05, 4.69) is 39.0 Å². The van der Waals surface area contributed by atoms with Gasteiger partial charge in [0.25, 0.3) is 0 Å². The zero-order valence-electron chi connectivity index (χ0n) is 9.86. The summed E-state index contributed by atoms with van der Waals surface area (Å²) in [6, 6.07) is 6.42. The van der Waals surface area contributed by atoms with E-state index >= 15 is 0 Å². The maximum absolute atomic E-state index is 5.79. The molecule has 2 aliphatic heterocycles. The van der Waals surface area contributed by atoms with Crippen LogP contribution in [0.5, 0.6) is 5.75 Å². The smallest absolute Gasteiger partial charge is 0.167 e. The van der Waals surface area contributed by atoms with Crippen LogP contribution in [0, 0.1) is 0 Å². The van der Waals surface area contributed by atoms with E-state index in [0.29, 0.717) is 0 Å². The third kappa shape index (κ3) is 1.33.